The molecule has 0 heterocycles. The Balaban J connectivity index is 2.89. The smallest absolute Gasteiger partial charge is 0.337 e. The molecule has 0 saturated carbocycles. The number of carbonyl (C=O) groups excluding carboxylic acids is 1. The predicted octanol–water partition coefficient (Wildman–Crippen LogP) is 0.708. The molecule has 0 amide bonds. The van der Waals surface area contributed by atoms with Gasteiger partial charge in [-0.15, -0.1) is 0 Å². The molecule has 1 N–H and O–H groups in total. The second-order valence-corrected chi connectivity index (χ2v) is 6.50. The van der Waals surface area contributed by atoms with E-state index < -0.39 is 28.0 Å². The van der Waals surface area contributed by atoms with E-state index in [1.807, 2.05) is 0 Å². The molecule has 1 atom stereocenters. The molecule has 0 spiro atoms. The Morgan fingerprint density at radius 1 is 1.29 bits per heavy atom. The fourth-order valence-electron chi connectivity index (χ4n) is 1.56. The van der Waals surface area contributed by atoms with Gasteiger partial charge < -0.3 is 9.84 Å². The van der Waals surface area contributed by atoms with Gasteiger partial charge in [0, 0.05) is 7.05 Å². The molecule has 1 rings (SSSR count). The van der Waals surface area contributed by atoms with E-state index >= 15 is 0 Å². The number of hydrogen-bond acceptors (Lipinski definition) is 5. The van der Waals surface area contributed by atoms with E-state index in [9.17, 15) is 18.0 Å². The Labute approximate surface area is 123 Å². The highest BCUT2D eigenvalue weighted by atomic mass is 32.2. The number of methoxy groups -OCH3 is 1. The van der Waals surface area contributed by atoms with Crippen molar-refractivity contribution in [2.75, 3.05) is 14.2 Å². The fourth-order valence-corrected chi connectivity index (χ4v) is 2.95. The van der Waals surface area contributed by atoms with Crippen LogP contribution >= 0.6 is 0 Å². The second-order valence-electron chi connectivity index (χ2n) is 4.48. The maximum Gasteiger partial charge on any atom is 0.337 e. The van der Waals surface area contributed by atoms with Gasteiger partial charge in [0.2, 0.25) is 10.0 Å². The van der Waals surface area contributed by atoms with Crippen molar-refractivity contribution < 1.29 is 27.9 Å². The monoisotopic (exact) mass is 315 g/mol. The normalized spacial score (nSPS) is 13.0. The van der Waals surface area contributed by atoms with Crippen molar-refractivity contribution in [2.24, 2.45) is 0 Å². The number of carboxylic acids is 1. The number of carbonyl (C=O) groups is 2. The fraction of sp³-hybridized carbons (Fsp3) is 0.385. The summed E-state index contributed by atoms with van der Waals surface area (Å²) in [7, 11) is -1.29. The molecule has 1 unspecified atom stereocenters. The summed E-state index contributed by atoms with van der Waals surface area (Å²) in [6, 6.07) is 4.74. The van der Waals surface area contributed by atoms with E-state index in [0.29, 0.717) is 11.1 Å². The number of nitrogens with zero attached hydrogens (tertiary/aromatic N) is 1. The summed E-state index contributed by atoms with van der Waals surface area (Å²) in [5.41, 5.74) is 0.762. The zero-order chi connectivity index (χ0) is 16.2. The largest absolute Gasteiger partial charge is 0.480 e. The van der Waals surface area contributed by atoms with E-state index in [2.05, 4.69) is 4.74 Å². The van der Waals surface area contributed by atoms with Crippen molar-refractivity contribution in [3.8, 4) is 0 Å². The van der Waals surface area contributed by atoms with E-state index in [-0.39, 0.29) is 5.75 Å². The van der Waals surface area contributed by atoms with Crippen molar-refractivity contribution >= 4 is 22.0 Å². The van der Waals surface area contributed by atoms with Gasteiger partial charge in [0.05, 0.1) is 18.4 Å². The first-order valence-electron chi connectivity index (χ1n) is 6.05. The third-order valence-electron chi connectivity index (χ3n) is 3.07. The number of benzene rings is 1. The maximum atomic E-state index is 12.1. The number of esters is 1. The number of ether oxygens (including phenoxy) is 1. The number of hydrogen-bond donors (Lipinski definition) is 1. The van der Waals surface area contributed by atoms with E-state index in [4.69, 9.17) is 5.11 Å². The average molecular weight is 315 g/mol. The van der Waals surface area contributed by atoms with E-state index in [0.717, 1.165) is 4.31 Å². The van der Waals surface area contributed by atoms with Gasteiger partial charge in [-0.05, 0) is 24.6 Å². The summed E-state index contributed by atoms with van der Waals surface area (Å²) in [4.78, 5) is 22.1. The van der Waals surface area contributed by atoms with Crippen LogP contribution in [0.1, 0.15) is 22.8 Å². The first-order chi connectivity index (χ1) is 9.69. The first-order valence-corrected chi connectivity index (χ1v) is 7.65. The van der Waals surface area contributed by atoms with Gasteiger partial charge in [0.15, 0.2) is 0 Å². The highest BCUT2D eigenvalue weighted by Gasteiger charge is 2.27. The lowest BCUT2D eigenvalue weighted by atomic mass is 10.1. The lowest BCUT2D eigenvalue weighted by Crippen LogP contribution is -2.40. The Morgan fingerprint density at radius 2 is 1.81 bits per heavy atom. The van der Waals surface area contributed by atoms with Crippen LogP contribution in [0, 0.1) is 0 Å². The molecule has 0 bridgehead atoms. The van der Waals surface area contributed by atoms with Crippen LogP contribution in [-0.2, 0) is 25.3 Å². The molecule has 7 nitrogen and oxygen atoms in total. The zero-order valence-corrected chi connectivity index (χ0v) is 12.8. The minimum Gasteiger partial charge on any atom is -0.480 e. The molecule has 0 aliphatic heterocycles. The van der Waals surface area contributed by atoms with Crippen molar-refractivity contribution in [3.05, 3.63) is 35.4 Å². The highest BCUT2D eigenvalue weighted by molar-refractivity contribution is 7.88. The van der Waals surface area contributed by atoms with E-state index in [1.165, 1.54) is 45.3 Å². The molecule has 21 heavy (non-hydrogen) atoms. The zero-order valence-electron chi connectivity index (χ0n) is 11.9. The van der Waals surface area contributed by atoms with Crippen LogP contribution < -0.4 is 0 Å². The van der Waals surface area contributed by atoms with Crippen molar-refractivity contribution in [1.82, 2.24) is 4.31 Å². The van der Waals surface area contributed by atoms with E-state index in [1.54, 1.807) is 0 Å². The Bertz CT molecular complexity index is 623. The number of aliphatic carboxylic acids is 1. The van der Waals surface area contributed by atoms with Crippen LogP contribution in [0.5, 0.6) is 0 Å². The molecule has 0 aliphatic carbocycles. The standard InChI is InChI=1S/C13H17NO6S/c1-9(12(15)16)14(2)21(18,19)8-10-4-6-11(7-5-10)13(17)20-3/h4-7,9H,8H2,1-3H3,(H,15,16). The average Bonchev–Trinajstić information content (AvgIpc) is 2.45. The summed E-state index contributed by atoms with van der Waals surface area (Å²) in [6.07, 6.45) is 0. The Hall–Kier alpha value is -1.93. The number of rotatable bonds is 6. The highest BCUT2D eigenvalue weighted by Crippen LogP contribution is 2.13. The summed E-state index contributed by atoms with van der Waals surface area (Å²) in [6.45, 7) is 1.29. The molecule has 0 saturated heterocycles. The molecule has 0 radical (unpaired) electrons. The maximum absolute atomic E-state index is 12.1. The van der Waals surface area contributed by atoms with Crippen molar-refractivity contribution in [2.45, 2.75) is 18.7 Å². The van der Waals surface area contributed by atoms with Gasteiger partial charge >= 0.3 is 11.9 Å². The van der Waals surface area contributed by atoms with Gasteiger partial charge in [0.25, 0.3) is 0 Å². The van der Waals surface area contributed by atoms with Gasteiger partial charge in [-0.2, -0.15) is 4.31 Å². The number of carboxylic acid groups (broad SMARTS) is 1. The molecule has 0 aliphatic rings. The Kier molecular flexibility index (Phi) is 5.45. The quantitative estimate of drug-likeness (QED) is 0.776. The summed E-state index contributed by atoms with van der Waals surface area (Å²) in [5.74, 6) is -2.08. The molecule has 0 fully saturated rings. The van der Waals surface area contributed by atoms with Gasteiger partial charge in [-0.25, -0.2) is 13.2 Å². The Morgan fingerprint density at radius 3 is 2.24 bits per heavy atom. The number of sulfonamides is 1. The topological polar surface area (TPSA) is 101 Å². The molecule has 0 aromatic heterocycles. The molecule has 1 aromatic carbocycles. The van der Waals surface area contributed by atoms with Crippen LogP contribution in [0.25, 0.3) is 0 Å². The lowest BCUT2D eigenvalue weighted by Gasteiger charge is -2.21. The summed E-state index contributed by atoms with van der Waals surface area (Å²) < 4.78 is 29.5. The molecule has 1 aromatic rings. The molecule has 116 valence electrons. The van der Waals surface area contributed by atoms with Gasteiger partial charge in [0.1, 0.15) is 6.04 Å². The van der Waals surface area contributed by atoms with Crippen LogP contribution in [-0.4, -0.2) is 50.0 Å². The van der Waals surface area contributed by atoms with Gasteiger partial charge in [-0.3, -0.25) is 4.79 Å². The van der Waals surface area contributed by atoms with Crippen LogP contribution in [0.2, 0.25) is 0 Å². The first kappa shape index (κ1) is 17.1. The summed E-state index contributed by atoms with van der Waals surface area (Å²) >= 11 is 0. The molecule has 8 heteroatoms. The molecular formula is C13H17NO6S. The van der Waals surface area contributed by atoms with Crippen LogP contribution in [0.3, 0.4) is 0 Å². The van der Waals surface area contributed by atoms with Crippen molar-refractivity contribution in [1.29, 1.82) is 0 Å². The lowest BCUT2D eigenvalue weighted by molar-refractivity contribution is -0.140. The SMILES string of the molecule is COC(=O)c1ccc(CS(=O)(=O)N(C)C(C)C(=O)O)cc1. The second kappa shape index (κ2) is 6.68. The third kappa shape index (κ3) is 4.27. The number of likely N-dealkylation sites (N-methyl/N-ethyl adjacent to an activating group) is 1. The molecular weight excluding hydrogens is 298 g/mol. The van der Waals surface area contributed by atoms with Crippen molar-refractivity contribution in [3.63, 3.8) is 0 Å². The van der Waals surface area contributed by atoms with Crippen LogP contribution in [0.4, 0.5) is 0 Å². The summed E-state index contributed by atoms with van der Waals surface area (Å²) in [5, 5.41) is 8.85. The minimum atomic E-state index is -3.76. The predicted molar refractivity (Wildman–Crippen MR) is 75.3 cm³/mol. The minimum absolute atomic E-state index is 0.311. The van der Waals surface area contributed by atoms with Gasteiger partial charge in [-0.1, -0.05) is 12.1 Å². The van der Waals surface area contributed by atoms with Crippen LogP contribution in [0.15, 0.2) is 24.3 Å². The third-order valence-corrected chi connectivity index (χ3v) is 4.96.